The molecular formula is C19H32N4O2. The predicted molar refractivity (Wildman–Crippen MR) is 104 cm³/mol. The first kappa shape index (κ1) is 21.0. The quantitative estimate of drug-likeness (QED) is 0.830. The minimum Gasteiger partial charge on any atom is -0.335 e. The van der Waals surface area contributed by atoms with Gasteiger partial charge in [0.05, 0.1) is 0 Å². The number of hydrogen-bond acceptors (Lipinski definition) is 3. The topological polar surface area (TPSA) is 64.7 Å². The zero-order chi connectivity index (χ0) is 19.2. The highest BCUT2D eigenvalue weighted by Crippen LogP contribution is 2.22. The van der Waals surface area contributed by atoms with Gasteiger partial charge in [-0.25, -0.2) is 4.79 Å². The fraction of sp³-hybridized carbons (Fsp3) is 0.579. The Labute approximate surface area is 151 Å². The summed E-state index contributed by atoms with van der Waals surface area (Å²) in [6, 6.07) is 7.05. The van der Waals surface area contributed by atoms with Gasteiger partial charge in [0.1, 0.15) is 0 Å². The van der Waals surface area contributed by atoms with Gasteiger partial charge in [0.15, 0.2) is 0 Å². The van der Waals surface area contributed by atoms with Crippen LogP contribution in [0.5, 0.6) is 0 Å². The Morgan fingerprint density at radius 3 is 2.08 bits per heavy atom. The van der Waals surface area contributed by atoms with Crippen LogP contribution in [0.25, 0.3) is 0 Å². The fourth-order valence-electron chi connectivity index (χ4n) is 2.38. The van der Waals surface area contributed by atoms with E-state index in [4.69, 9.17) is 0 Å². The SMILES string of the molecule is CC(=O)N(C)c1ccc(NC(=O)NC(CCN(C)C)C(C)(C)C)cc1. The van der Waals surface area contributed by atoms with Crippen molar-refractivity contribution in [3.05, 3.63) is 24.3 Å². The van der Waals surface area contributed by atoms with Gasteiger partial charge in [0, 0.05) is 31.4 Å². The lowest BCUT2D eigenvalue weighted by Crippen LogP contribution is -2.46. The van der Waals surface area contributed by atoms with Crippen LogP contribution in [0, 0.1) is 5.41 Å². The van der Waals surface area contributed by atoms with E-state index < -0.39 is 0 Å². The number of carbonyl (C=O) groups is 2. The molecule has 0 saturated carbocycles. The van der Waals surface area contributed by atoms with E-state index in [0.29, 0.717) is 5.69 Å². The maximum Gasteiger partial charge on any atom is 0.319 e. The van der Waals surface area contributed by atoms with Crippen LogP contribution >= 0.6 is 0 Å². The van der Waals surface area contributed by atoms with Crippen molar-refractivity contribution in [1.29, 1.82) is 0 Å². The Balaban J connectivity index is 2.69. The Bertz CT molecular complexity index is 576. The maximum atomic E-state index is 12.3. The third-order valence-corrected chi connectivity index (χ3v) is 4.20. The molecule has 0 bridgehead atoms. The molecular weight excluding hydrogens is 316 g/mol. The molecule has 140 valence electrons. The molecule has 6 heteroatoms. The summed E-state index contributed by atoms with van der Waals surface area (Å²) in [6.45, 7) is 8.80. The minimum absolute atomic E-state index is 0.0264. The molecule has 25 heavy (non-hydrogen) atoms. The first-order valence-electron chi connectivity index (χ1n) is 8.57. The molecule has 0 radical (unpaired) electrons. The third kappa shape index (κ3) is 7.13. The number of amides is 3. The van der Waals surface area contributed by atoms with Gasteiger partial charge in [-0.15, -0.1) is 0 Å². The largest absolute Gasteiger partial charge is 0.335 e. The van der Waals surface area contributed by atoms with Crippen molar-refractivity contribution in [2.45, 2.75) is 40.2 Å². The molecule has 2 N–H and O–H groups in total. The van der Waals surface area contributed by atoms with Crippen LogP contribution in [0.4, 0.5) is 16.2 Å². The zero-order valence-electron chi connectivity index (χ0n) is 16.5. The third-order valence-electron chi connectivity index (χ3n) is 4.20. The predicted octanol–water partition coefficient (Wildman–Crippen LogP) is 3.16. The highest BCUT2D eigenvalue weighted by atomic mass is 16.2. The summed E-state index contributed by atoms with van der Waals surface area (Å²) in [7, 11) is 5.77. The smallest absolute Gasteiger partial charge is 0.319 e. The van der Waals surface area contributed by atoms with Crippen molar-refractivity contribution in [3.63, 3.8) is 0 Å². The Kier molecular flexibility index (Phi) is 7.42. The molecule has 1 atom stereocenters. The lowest BCUT2D eigenvalue weighted by atomic mass is 9.84. The first-order chi connectivity index (χ1) is 11.5. The van der Waals surface area contributed by atoms with Crippen LogP contribution in [0.1, 0.15) is 34.1 Å². The fourth-order valence-corrected chi connectivity index (χ4v) is 2.38. The van der Waals surface area contributed by atoms with E-state index in [0.717, 1.165) is 18.7 Å². The summed E-state index contributed by atoms with van der Waals surface area (Å²) in [6.07, 6.45) is 0.881. The van der Waals surface area contributed by atoms with Crippen LogP contribution in [-0.2, 0) is 4.79 Å². The van der Waals surface area contributed by atoms with Gasteiger partial charge < -0.3 is 20.4 Å². The number of anilines is 2. The van der Waals surface area contributed by atoms with Crippen LogP contribution in [0.2, 0.25) is 0 Å². The number of nitrogens with one attached hydrogen (secondary N) is 2. The van der Waals surface area contributed by atoms with E-state index >= 15 is 0 Å². The summed E-state index contributed by atoms with van der Waals surface area (Å²) < 4.78 is 0. The number of urea groups is 1. The molecule has 0 fully saturated rings. The van der Waals surface area contributed by atoms with Gasteiger partial charge >= 0.3 is 6.03 Å². The van der Waals surface area contributed by atoms with E-state index in [9.17, 15) is 9.59 Å². The molecule has 1 unspecified atom stereocenters. The average molecular weight is 348 g/mol. The van der Waals surface area contributed by atoms with E-state index in [2.05, 4.69) is 36.3 Å². The molecule has 0 aliphatic carbocycles. The van der Waals surface area contributed by atoms with Crippen molar-refractivity contribution in [2.75, 3.05) is 37.9 Å². The van der Waals surface area contributed by atoms with E-state index in [1.807, 2.05) is 26.2 Å². The molecule has 1 aromatic rings. The zero-order valence-corrected chi connectivity index (χ0v) is 16.5. The van der Waals surface area contributed by atoms with Crippen molar-refractivity contribution < 1.29 is 9.59 Å². The van der Waals surface area contributed by atoms with Crippen LogP contribution in [-0.4, -0.2) is 50.6 Å². The van der Waals surface area contributed by atoms with Crippen molar-refractivity contribution in [2.24, 2.45) is 5.41 Å². The number of benzene rings is 1. The normalized spacial score (nSPS) is 12.6. The number of carbonyl (C=O) groups excluding carboxylic acids is 2. The molecule has 0 spiro atoms. The summed E-state index contributed by atoms with van der Waals surface area (Å²) in [5, 5.41) is 5.94. The van der Waals surface area contributed by atoms with Crippen LogP contribution < -0.4 is 15.5 Å². The Hall–Kier alpha value is -2.08. The van der Waals surface area contributed by atoms with Crippen LogP contribution in [0.15, 0.2) is 24.3 Å². The number of hydrogen-bond donors (Lipinski definition) is 2. The second-order valence-corrected chi connectivity index (χ2v) is 7.73. The van der Waals surface area contributed by atoms with Gasteiger partial charge in [-0.1, -0.05) is 20.8 Å². The van der Waals surface area contributed by atoms with Crippen molar-refractivity contribution in [3.8, 4) is 0 Å². The summed E-state index contributed by atoms with van der Waals surface area (Å²) in [4.78, 5) is 27.4. The molecule has 3 amide bonds. The number of nitrogens with zero attached hydrogens (tertiary/aromatic N) is 2. The van der Waals surface area contributed by atoms with E-state index in [1.54, 1.807) is 24.1 Å². The van der Waals surface area contributed by atoms with Gasteiger partial charge in [-0.05, 0) is 56.7 Å². The summed E-state index contributed by atoms with van der Waals surface area (Å²) >= 11 is 0. The van der Waals surface area contributed by atoms with E-state index in [1.165, 1.54) is 6.92 Å². The van der Waals surface area contributed by atoms with Gasteiger partial charge in [-0.3, -0.25) is 4.79 Å². The second-order valence-electron chi connectivity index (χ2n) is 7.73. The molecule has 0 aliphatic heterocycles. The van der Waals surface area contributed by atoms with Gasteiger partial charge in [-0.2, -0.15) is 0 Å². The summed E-state index contributed by atoms with van der Waals surface area (Å²) in [5.41, 5.74) is 1.46. The number of rotatable bonds is 6. The highest BCUT2D eigenvalue weighted by Gasteiger charge is 2.26. The highest BCUT2D eigenvalue weighted by molar-refractivity contribution is 5.92. The van der Waals surface area contributed by atoms with E-state index in [-0.39, 0.29) is 23.4 Å². The molecule has 0 heterocycles. The van der Waals surface area contributed by atoms with Gasteiger partial charge in [0.2, 0.25) is 5.91 Å². The Morgan fingerprint density at radius 2 is 1.64 bits per heavy atom. The monoisotopic (exact) mass is 348 g/mol. The second kappa shape index (κ2) is 8.85. The van der Waals surface area contributed by atoms with Crippen molar-refractivity contribution in [1.82, 2.24) is 10.2 Å². The minimum atomic E-state index is -0.216. The first-order valence-corrected chi connectivity index (χ1v) is 8.57. The molecule has 1 rings (SSSR count). The maximum absolute atomic E-state index is 12.3. The van der Waals surface area contributed by atoms with Crippen LogP contribution in [0.3, 0.4) is 0 Å². The Morgan fingerprint density at radius 1 is 1.08 bits per heavy atom. The summed E-state index contributed by atoms with van der Waals surface area (Å²) in [5.74, 6) is -0.0348. The molecule has 1 aromatic carbocycles. The lowest BCUT2D eigenvalue weighted by molar-refractivity contribution is -0.116. The standard InChI is InChI=1S/C19H32N4O2/c1-14(24)23(7)16-10-8-15(9-11-16)20-18(25)21-17(19(2,3)4)12-13-22(5)6/h8-11,17H,12-13H2,1-7H3,(H2,20,21,25). The average Bonchev–Trinajstić information content (AvgIpc) is 2.50. The molecule has 6 nitrogen and oxygen atoms in total. The molecule has 0 aromatic heterocycles. The molecule has 0 aliphatic rings. The van der Waals surface area contributed by atoms with Gasteiger partial charge in [0.25, 0.3) is 0 Å². The lowest BCUT2D eigenvalue weighted by Gasteiger charge is -2.32. The van der Waals surface area contributed by atoms with Crippen molar-refractivity contribution >= 4 is 23.3 Å². The molecule has 0 saturated heterocycles.